The maximum atomic E-state index is 13.2. The van der Waals surface area contributed by atoms with Crippen LogP contribution in [-0.2, 0) is 21.3 Å². The lowest BCUT2D eigenvalue weighted by atomic mass is 10.2. The van der Waals surface area contributed by atoms with Crippen molar-refractivity contribution in [1.29, 1.82) is 0 Å². The molecule has 0 amide bonds. The van der Waals surface area contributed by atoms with Crippen molar-refractivity contribution in [3.05, 3.63) is 70.3 Å². The van der Waals surface area contributed by atoms with E-state index in [0.717, 1.165) is 19.6 Å². The summed E-state index contributed by atoms with van der Waals surface area (Å²) in [5.74, 6) is 0. The Bertz CT molecular complexity index is 897. The molecule has 0 spiro atoms. The van der Waals surface area contributed by atoms with Gasteiger partial charge in [-0.25, -0.2) is 8.42 Å². The standard InChI is InChI=1S/C20H25N3O5S/c24-23(25)19-9-7-18(8-10-19)17-22(12-4-11-21-13-15-28-16-14-21)29(26,27)20-5-2-1-3-6-20/h1-3,5-10H,4,11-17H2. The number of benzene rings is 2. The number of nitro groups is 1. The van der Waals surface area contributed by atoms with E-state index in [0.29, 0.717) is 31.7 Å². The zero-order chi connectivity index (χ0) is 20.7. The number of ether oxygens (including phenoxy) is 1. The molecule has 0 aromatic heterocycles. The van der Waals surface area contributed by atoms with Crippen LogP contribution in [0.5, 0.6) is 0 Å². The van der Waals surface area contributed by atoms with Gasteiger partial charge in [-0.1, -0.05) is 30.3 Å². The smallest absolute Gasteiger partial charge is 0.269 e. The summed E-state index contributed by atoms with van der Waals surface area (Å²) in [5, 5.41) is 10.9. The number of non-ortho nitro benzene ring substituents is 1. The second kappa shape index (κ2) is 9.93. The van der Waals surface area contributed by atoms with Gasteiger partial charge in [-0.3, -0.25) is 15.0 Å². The van der Waals surface area contributed by atoms with E-state index in [9.17, 15) is 18.5 Å². The second-order valence-corrected chi connectivity index (χ2v) is 8.82. The van der Waals surface area contributed by atoms with Crippen molar-refractivity contribution < 1.29 is 18.1 Å². The number of sulfonamides is 1. The van der Waals surface area contributed by atoms with E-state index in [1.165, 1.54) is 16.4 Å². The summed E-state index contributed by atoms with van der Waals surface area (Å²) < 4.78 is 33.2. The van der Waals surface area contributed by atoms with Gasteiger partial charge in [-0.05, 0) is 30.7 Å². The van der Waals surface area contributed by atoms with E-state index in [1.807, 2.05) is 0 Å². The van der Waals surface area contributed by atoms with Gasteiger partial charge in [0.15, 0.2) is 0 Å². The number of nitro benzene ring substituents is 1. The van der Waals surface area contributed by atoms with Crippen LogP contribution in [0.2, 0.25) is 0 Å². The Kier molecular flexibility index (Phi) is 7.32. The molecule has 0 radical (unpaired) electrons. The van der Waals surface area contributed by atoms with Gasteiger partial charge in [0.05, 0.1) is 23.0 Å². The minimum absolute atomic E-state index is 0.0152. The van der Waals surface area contributed by atoms with Gasteiger partial charge in [-0.15, -0.1) is 0 Å². The fraction of sp³-hybridized carbons (Fsp3) is 0.400. The molecule has 1 heterocycles. The van der Waals surface area contributed by atoms with Gasteiger partial charge in [0, 0.05) is 38.3 Å². The highest BCUT2D eigenvalue weighted by molar-refractivity contribution is 7.89. The number of hydrogen-bond acceptors (Lipinski definition) is 6. The van der Waals surface area contributed by atoms with Crippen LogP contribution in [-0.4, -0.2) is 61.9 Å². The largest absolute Gasteiger partial charge is 0.379 e. The molecule has 2 aromatic carbocycles. The first-order valence-electron chi connectivity index (χ1n) is 9.55. The predicted octanol–water partition coefficient (Wildman–Crippen LogP) is 2.51. The van der Waals surface area contributed by atoms with Gasteiger partial charge in [-0.2, -0.15) is 4.31 Å². The van der Waals surface area contributed by atoms with Crippen LogP contribution in [0.25, 0.3) is 0 Å². The maximum absolute atomic E-state index is 13.2. The van der Waals surface area contributed by atoms with Crippen LogP contribution in [0, 0.1) is 10.1 Å². The van der Waals surface area contributed by atoms with Crippen molar-refractivity contribution in [2.24, 2.45) is 0 Å². The molecule has 0 atom stereocenters. The highest BCUT2D eigenvalue weighted by atomic mass is 32.2. The third-order valence-corrected chi connectivity index (χ3v) is 6.73. The average molecular weight is 420 g/mol. The van der Waals surface area contributed by atoms with E-state index in [4.69, 9.17) is 4.74 Å². The zero-order valence-electron chi connectivity index (χ0n) is 16.1. The zero-order valence-corrected chi connectivity index (χ0v) is 17.0. The summed E-state index contributed by atoms with van der Waals surface area (Å²) >= 11 is 0. The quantitative estimate of drug-likeness (QED) is 0.458. The van der Waals surface area contributed by atoms with Crippen LogP contribution in [0.3, 0.4) is 0 Å². The van der Waals surface area contributed by atoms with Crippen LogP contribution in [0.15, 0.2) is 59.5 Å². The van der Waals surface area contributed by atoms with Gasteiger partial charge in [0.2, 0.25) is 10.0 Å². The fourth-order valence-electron chi connectivity index (χ4n) is 3.25. The van der Waals surface area contributed by atoms with Crippen molar-refractivity contribution >= 4 is 15.7 Å². The monoisotopic (exact) mass is 419 g/mol. The third-order valence-electron chi connectivity index (χ3n) is 4.87. The molecule has 0 unspecified atom stereocenters. The number of hydrogen-bond donors (Lipinski definition) is 0. The lowest BCUT2D eigenvalue weighted by molar-refractivity contribution is -0.384. The van der Waals surface area contributed by atoms with Crippen molar-refractivity contribution in [3.8, 4) is 0 Å². The van der Waals surface area contributed by atoms with Crippen molar-refractivity contribution in [2.75, 3.05) is 39.4 Å². The van der Waals surface area contributed by atoms with E-state index in [-0.39, 0.29) is 17.1 Å². The summed E-state index contributed by atoms with van der Waals surface area (Å²) in [6, 6.07) is 14.3. The molecule has 3 rings (SSSR count). The Morgan fingerprint density at radius 3 is 2.31 bits per heavy atom. The molecule has 9 heteroatoms. The van der Waals surface area contributed by atoms with Crippen LogP contribution < -0.4 is 0 Å². The summed E-state index contributed by atoms with van der Waals surface area (Å²) in [6.07, 6.45) is 0.693. The number of rotatable bonds is 9. The van der Waals surface area contributed by atoms with Crippen molar-refractivity contribution in [2.45, 2.75) is 17.9 Å². The SMILES string of the molecule is O=[N+]([O-])c1ccc(CN(CCCN2CCOCC2)S(=O)(=O)c2ccccc2)cc1. The lowest BCUT2D eigenvalue weighted by Gasteiger charge is -2.28. The maximum Gasteiger partial charge on any atom is 0.269 e. The molecular weight excluding hydrogens is 394 g/mol. The van der Waals surface area contributed by atoms with E-state index >= 15 is 0 Å². The van der Waals surface area contributed by atoms with Crippen LogP contribution in [0.1, 0.15) is 12.0 Å². The summed E-state index contributed by atoms with van der Waals surface area (Å²) in [6.45, 7) is 4.44. The van der Waals surface area contributed by atoms with Crippen molar-refractivity contribution in [1.82, 2.24) is 9.21 Å². The molecule has 29 heavy (non-hydrogen) atoms. The molecular formula is C20H25N3O5S. The molecule has 2 aromatic rings. The Morgan fingerprint density at radius 2 is 1.69 bits per heavy atom. The predicted molar refractivity (Wildman–Crippen MR) is 109 cm³/mol. The normalized spacial score (nSPS) is 15.5. The van der Waals surface area contributed by atoms with E-state index in [1.54, 1.807) is 42.5 Å². The summed E-state index contributed by atoms with van der Waals surface area (Å²) in [7, 11) is -3.67. The summed E-state index contributed by atoms with van der Waals surface area (Å²) in [4.78, 5) is 12.9. The van der Waals surface area contributed by atoms with Crippen LogP contribution in [0.4, 0.5) is 5.69 Å². The number of nitrogens with zero attached hydrogens (tertiary/aromatic N) is 3. The molecule has 0 N–H and O–H groups in total. The molecule has 0 aliphatic carbocycles. The molecule has 1 aliphatic rings. The highest BCUT2D eigenvalue weighted by Crippen LogP contribution is 2.20. The first-order chi connectivity index (χ1) is 14.0. The first kappa shape index (κ1) is 21.4. The van der Waals surface area contributed by atoms with E-state index < -0.39 is 14.9 Å². The lowest BCUT2D eigenvalue weighted by Crippen LogP contribution is -2.39. The van der Waals surface area contributed by atoms with E-state index in [2.05, 4.69) is 4.90 Å². The molecule has 1 saturated heterocycles. The molecule has 1 fully saturated rings. The van der Waals surface area contributed by atoms with Crippen molar-refractivity contribution in [3.63, 3.8) is 0 Å². The molecule has 0 bridgehead atoms. The Hall–Kier alpha value is -2.33. The van der Waals surface area contributed by atoms with Gasteiger partial charge < -0.3 is 4.74 Å². The summed E-state index contributed by atoms with van der Waals surface area (Å²) in [5.41, 5.74) is 0.694. The molecule has 156 valence electrons. The van der Waals surface area contributed by atoms with Crippen LogP contribution >= 0.6 is 0 Å². The third kappa shape index (κ3) is 5.83. The average Bonchev–Trinajstić information content (AvgIpc) is 2.75. The fourth-order valence-corrected chi connectivity index (χ4v) is 4.74. The first-order valence-corrected chi connectivity index (χ1v) is 11.0. The molecule has 0 saturated carbocycles. The Morgan fingerprint density at radius 1 is 1.03 bits per heavy atom. The minimum atomic E-state index is -3.67. The number of morpholine rings is 1. The topological polar surface area (TPSA) is 93.0 Å². The van der Waals surface area contributed by atoms with Gasteiger partial charge in [0.1, 0.15) is 0 Å². The highest BCUT2D eigenvalue weighted by Gasteiger charge is 2.25. The Labute approximate surface area is 170 Å². The van der Waals surface area contributed by atoms with Gasteiger partial charge in [0.25, 0.3) is 5.69 Å². The second-order valence-electron chi connectivity index (χ2n) is 6.88. The molecule has 8 nitrogen and oxygen atoms in total. The molecule has 1 aliphatic heterocycles. The van der Waals surface area contributed by atoms with Gasteiger partial charge >= 0.3 is 0 Å². The Balaban J connectivity index is 1.74. The minimum Gasteiger partial charge on any atom is -0.379 e.